The molecule has 39 heavy (non-hydrogen) atoms. The first-order chi connectivity index (χ1) is 18.4. The Hall–Kier alpha value is -2.59. The predicted octanol–water partition coefficient (Wildman–Crippen LogP) is 2.49. The van der Waals surface area contributed by atoms with Gasteiger partial charge < -0.3 is 26.6 Å². The number of thioether (sulfide) groups is 1. The molecule has 10 heteroatoms. The second-order valence-electron chi connectivity index (χ2n) is 11.3. The molecule has 2 bridgehead atoms. The normalized spacial score (nSPS) is 23.4. The molecule has 1 aromatic carbocycles. The summed E-state index contributed by atoms with van der Waals surface area (Å²) in [6, 6.07) is 6.74. The largest absolute Gasteiger partial charge is 0.353 e. The molecule has 5 N–H and O–H groups in total. The lowest BCUT2D eigenvalue weighted by molar-refractivity contribution is -0.136. The highest BCUT2D eigenvalue weighted by Crippen LogP contribution is 2.15. The van der Waals surface area contributed by atoms with Gasteiger partial charge in [0.25, 0.3) is 0 Å². The number of hydrogen-bond acceptors (Lipinski definition) is 6. The second-order valence-corrected chi connectivity index (χ2v) is 12.4. The van der Waals surface area contributed by atoms with Crippen LogP contribution in [0.1, 0.15) is 71.9 Å². The van der Waals surface area contributed by atoms with Crippen LogP contribution in [0.3, 0.4) is 0 Å². The fourth-order valence-electron chi connectivity index (χ4n) is 4.28. The smallest absolute Gasteiger partial charge is 0.245 e. The van der Waals surface area contributed by atoms with Crippen molar-refractivity contribution >= 4 is 35.4 Å². The highest BCUT2D eigenvalue weighted by molar-refractivity contribution is 7.98. The molecule has 0 saturated heterocycles. The highest BCUT2D eigenvalue weighted by atomic mass is 32.2. The Kier molecular flexibility index (Phi) is 13.3. The molecule has 0 spiro atoms. The van der Waals surface area contributed by atoms with E-state index < -0.39 is 29.4 Å². The topological polar surface area (TPSA) is 128 Å². The van der Waals surface area contributed by atoms with Gasteiger partial charge in [-0.3, -0.25) is 19.2 Å². The number of nitrogens with one attached hydrogen (secondary N) is 5. The van der Waals surface area contributed by atoms with Crippen LogP contribution in [-0.4, -0.2) is 60.1 Å². The molecule has 1 aliphatic rings. The molecule has 0 radical (unpaired) electrons. The Morgan fingerprint density at radius 1 is 1.00 bits per heavy atom. The summed E-state index contributed by atoms with van der Waals surface area (Å²) in [6.07, 6.45) is 1.32. The van der Waals surface area contributed by atoms with E-state index in [1.165, 1.54) is 5.56 Å². The van der Waals surface area contributed by atoms with Gasteiger partial charge in [0, 0.05) is 37.6 Å². The van der Waals surface area contributed by atoms with Gasteiger partial charge in [-0.05, 0) is 43.2 Å². The molecule has 0 fully saturated rings. The minimum absolute atomic E-state index is 0.0883. The summed E-state index contributed by atoms with van der Waals surface area (Å²) in [5.74, 6) is 0.259. The van der Waals surface area contributed by atoms with Crippen molar-refractivity contribution < 1.29 is 19.2 Å². The molecule has 1 aromatic rings. The lowest BCUT2D eigenvalue weighted by Gasteiger charge is -2.30. The van der Waals surface area contributed by atoms with E-state index in [1.807, 2.05) is 39.8 Å². The quantitative estimate of drug-likeness (QED) is 0.384. The summed E-state index contributed by atoms with van der Waals surface area (Å²) in [5.41, 5.74) is 1.11. The number of benzene rings is 1. The first kappa shape index (κ1) is 32.6. The Bertz CT molecular complexity index is 984. The zero-order valence-electron chi connectivity index (χ0n) is 24.3. The van der Waals surface area contributed by atoms with Gasteiger partial charge in [0.1, 0.15) is 17.6 Å². The Morgan fingerprint density at radius 3 is 2.41 bits per heavy atom. The third kappa shape index (κ3) is 11.2. The Balaban J connectivity index is 2.25. The maximum absolute atomic E-state index is 13.4. The van der Waals surface area contributed by atoms with E-state index in [9.17, 15) is 19.2 Å². The van der Waals surface area contributed by atoms with Crippen LogP contribution in [0.2, 0.25) is 0 Å². The Labute approximate surface area is 237 Å². The van der Waals surface area contributed by atoms with Crippen LogP contribution in [0.4, 0.5) is 0 Å². The van der Waals surface area contributed by atoms with Crippen LogP contribution in [0.15, 0.2) is 24.3 Å². The van der Waals surface area contributed by atoms with Crippen molar-refractivity contribution in [1.29, 1.82) is 0 Å². The van der Waals surface area contributed by atoms with Crippen LogP contribution in [0, 0.1) is 11.8 Å². The number of fused-ring (bicyclic) bond motifs is 2. The molecule has 9 nitrogen and oxygen atoms in total. The maximum Gasteiger partial charge on any atom is 0.245 e. The molecule has 4 amide bonds. The first-order valence-electron chi connectivity index (χ1n) is 14.0. The summed E-state index contributed by atoms with van der Waals surface area (Å²) in [5, 5.41) is 14.8. The van der Waals surface area contributed by atoms with Crippen molar-refractivity contribution in [2.75, 3.05) is 18.8 Å². The van der Waals surface area contributed by atoms with E-state index in [0.717, 1.165) is 17.1 Å². The van der Waals surface area contributed by atoms with Crippen molar-refractivity contribution in [2.24, 2.45) is 11.8 Å². The third-order valence-corrected chi connectivity index (χ3v) is 7.84. The third-order valence-electron chi connectivity index (χ3n) is 6.81. The molecular formula is C29H47N5O4S. The number of hydrogen-bond donors (Lipinski definition) is 5. The highest BCUT2D eigenvalue weighted by Gasteiger charge is 2.35. The number of amides is 4. The van der Waals surface area contributed by atoms with Crippen molar-refractivity contribution in [1.82, 2.24) is 26.6 Å². The summed E-state index contributed by atoms with van der Waals surface area (Å²) >= 11 is 1.73. The monoisotopic (exact) mass is 561 g/mol. The van der Waals surface area contributed by atoms with Crippen molar-refractivity contribution in [3.63, 3.8) is 0 Å². The van der Waals surface area contributed by atoms with Gasteiger partial charge in [-0.15, -0.1) is 0 Å². The lowest BCUT2D eigenvalue weighted by atomic mass is 9.96. The number of carbonyl (C=O) groups is 4. The number of carbonyl (C=O) groups excluding carboxylic acids is 4. The van der Waals surface area contributed by atoms with Gasteiger partial charge in [0.05, 0.1) is 0 Å². The van der Waals surface area contributed by atoms with Crippen LogP contribution < -0.4 is 26.6 Å². The molecule has 0 unspecified atom stereocenters. The molecule has 0 aromatic heterocycles. The van der Waals surface area contributed by atoms with Crippen molar-refractivity contribution in [3.05, 3.63) is 35.4 Å². The van der Waals surface area contributed by atoms with Gasteiger partial charge in [-0.2, -0.15) is 11.8 Å². The van der Waals surface area contributed by atoms with Crippen molar-refractivity contribution in [2.45, 2.75) is 90.7 Å². The van der Waals surface area contributed by atoms with Gasteiger partial charge in [-0.25, -0.2) is 0 Å². The molecule has 0 aliphatic carbocycles. The predicted molar refractivity (Wildman–Crippen MR) is 157 cm³/mol. The van der Waals surface area contributed by atoms with E-state index in [-0.39, 0.29) is 30.1 Å². The first-order valence-corrected chi connectivity index (χ1v) is 15.1. The van der Waals surface area contributed by atoms with Crippen LogP contribution in [-0.2, 0) is 31.5 Å². The molecule has 2 rings (SSSR count). The van der Waals surface area contributed by atoms with Gasteiger partial charge in [0.15, 0.2) is 0 Å². The zero-order valence-corrected chi connectivity index (χ0v) is 25.1. The average Bonchev–Trinajstić information content (AvgIpc) is 2.87. The van der Waals surface area contributed by atoms with Gasteiger partial charge >= 0.3 is 0 Å². The summed E-state index contributed by atoms with van der Waals surface area (Å²) < 4.78 is 0. The zero-order chi connectivity index (χ0) is 29.0. The SMILES string of the molecule is CC[C@H](C)[C@@H]1NC(=O)[C@H](CC(C)C)NC(=O)C(C)(C)NC(=O)CCNCc2cccc(c2)CSCCNC1=O. The average molecular weight is 562 g/mol. The van der Waals surface area contributed by atoms with E-state index in [4.69, 9.17) is 0 Å². The van der Waals surface area contributed by atoms with Crippen LogP contribution >= 0.6 is 11.8 Å². The summed E-state index contributed by atoms with van der Waals surface area (Å²) in [7, 11) is 0. The van der Waals surface area contributed by atoms with Gasteiger partial charge in [0.2, 0.25) is 23.6 Å². The molecule has 1 aliphatic heterocycles. The van der Waals surface area contributed by atoms with E-state index >= 15 is 0 Å². The second kappa shape index (κ2) is 15.9. The van der Waals surface area contributed by atoms with E-state index in [0.29, 0.717) is 32.5 Å². The fourth-order valence-corrected chi connectivity index (χ4v) is 5.08. The summed E-state index contributed by atoms with van der Waals surface area (Å²) in [6.45, 7) is 12.7. The minimum atomic E-state index is -1.22. The minimum Gasteiger partial charge on any atom is -0.353 e. The summed E-state index contributed by atoms with van der Waals surface area (Å²) in [4.78, 5) is 52.3. The van der Waals surface area contributed by atoms with Gasteiger partial charge in [-0.1, -0.05) is 58.4 Å². The molecule has 3 atom stereocenters. The van der Waals surface area contributed by atoms with Crippen LogP contribution in [0.5, 0.6) is 0 Å². The number of rotatable bonds is 4. The Morgan fingerprint density at radius 2 is 1.72 bits per heavy atom. The molecule has 0 saturated carbocycles. The molecule has 218 valence electrons. The van der Waals surface area contributed by atoms with Crippen LogP contribution in [0.25, 0.3) is 0 Å². The van der Waals surface area contributed by atoms with E-state index in [1.54, 1.807) is 25.6 Å². The lowest BCUT2D eigenvalue weighted by Crippen LogP contribution is -2.61. The standard InChI is InChI=1S/C29H47N5O4S/c1-7-20(4)25-27(37)31-13-14-39-18-22-10-8-9-21(16-22)17-30-12-11-24(35)34-29(5,6)28(38)32-23(15-19(2)3)26(36)33-25/h8-10,16,19-20,23,25,30H,7,11-15,17-18H2,1-6H3,(H,31,37)(H,32,38)(H,33,36)(H,34,35)/t20-,23-,25-/m0/s1. The maximum atomic E-state index is 13.4. The van der Waals surface area contributed by atoms with E-state index in [2.05, 4.69) is 38.7 Å². The molecule has 1 heterocycles. The molecular weight excluding hydrogens is 514 g/mol. The van der Waals surface area contributed by atoms with Crippen molar-refractivity contribution in [3.8, 4) is 0 Å². The fraction of sp³-hybridized carbons (Fsp3) is 0.655.